The number of alkyl halides is 6. The van der Waals surface area contributed by atoms with Gasteiger partial charge in [0.05, 0.1) is 27.7 Å². The molecule has 0 radical (unpaired) electrons. The smallest absolute Gasteiger partial charge is 0.386 e. The van der Waals surface area contributed by atoms with Crippen molar-refractivity contribution in [3.63, 3.8) is 0 Å². The van der Waals surface area contributed by atoms with Crippen molar-refractivity contribution in [2.75, 3.05) is 13.2 Å². The summed E-state index contributed by atoms with van der Waals surface area (Å²) in [5.41, 5.74) is -2.40. The van der Waals surface area contributed by atoms with E-state index in [0.29, 0.717) is 6.07 Å². The van der Waals surface area contributed by atoms with E-state index >= 15 is 0 Å². The Morgan fingerprint density at radius 3 is 2.40 bits per heavy atom. The van der Waals surface area contributed by atoms with Crippen LogP contribution in [0.5, 0.6) is 0 Å². The second-order valence-corrected chi connectivity index (χ2v) is 6.48. The Kier molecular flexibility index (Phi) is 7.54. The van der Waals surface area contributed by atoms with E-state index in [1.807, 2.05) is 0 Å². The van der Waals surface area contributed by atoms with Crippen LogP contribution in [-0.2, 0) is 11.0 Å². The number of hydrogen-bond acceptors (Lipinski definition) is 4. The van der Waals surface area contributed by atoms with Gasteiger partial charge in [-0.3, -0.25) is 9.78 Å². The summed E-state index contributed by atoms with van der Waals surface area (Å²) < 4.78 is 76.1. The molecule has 1 aromatic carbocycles. The van der Waals surface area contributed by atoms with E-state index in [1.54, 1.807) is 0 Å². The zero-order valence-electron chi connectivity index (χ0n) is 14.6. The summed E-state index contributed by atoms with van der Waals surface area (Å²) in [6.45, 7) is -2.37. The molecule has 0 unspecified atom stereocenters. The van der Waals surface area contributed by atoms with E-state index in [4.69, 9.17) is 23.2 Å². The number of halogens is 8. The molecule has 162 valence electrons. The third-order valence-corrected chi connectivity index (χ3v) is 3.87. The van der Waals surface area contributed by atoms with Gasteiger partial charge < -0.3 is 10.2 Å². The molecule has 0 bridgehead atoms. The molecule has 30 heavy (non-hydrogen) atoms. The average molecular weight is 474 g/mol. The van der Waals surface area contributed by atoms with E-state index in [1.165, 1.54) is 12.1 Å². The Hall–Kier alpha value is -2.53. The van der Waals surface area contributed by atoms with Gasteiger partial charge in [0.1, 0.15) is 11.4 Å². The Labute approximate surface area is 175 Å². The van der Waals surface area contributed by atoms with Crippen LogP contribution in [0.15, 0.2) is 41.7 Å². The predicted octanol–water partition coefficient (Wildman–Crippen LogP) is 5.12. The first-order valence-electron chi connectivity index (χ1n) is 7.90. The minimum absolute atomic E-state index is 0.113. The lowest BCUT2D eigenvalue weighted by Crippen LogP contribution is -2.32. The Morgan fingerprint density at radius 1 is 1.13 bits per heavy atom. The van der Waals surface area contributed by atoms with E-state index in [0.717, 1.165) is 18.3 Å². The number of rotatable bonds is 6. The van der Waals surface area contributed by atoms with Crippen LogP contribution in [0.2, 0.25) is 10.0 Å². The van der Waals surface area contributed by atoms with Gasteiger partial charge in [-0.25, -0.2) is 0 Å². The quantitative estimate of drug-likeness (QED) is 0.359. The summed E-state index contributed by atoms with van der Waals surface area (Å²) in [6, 6.07) is 5.21. The molecule has 1 N–H and O–H groups in total. The van der Waals surface area contributed by atoms with Crippen molar-refractivity contribution < 1.29 is 36.0 Å². The van der Waals surface area contributed by atoms with Crippen molar-refractivity contribution in [3.8, 4) is 0 Å². The maximum absolute atomic E-state index is 13.1. The SMILES string of the molecule is O=C(NC/C(=N/OCC(F)(F)F)c1ncc(Cl)cc1Cl)c1ccccc1C(F)(F)F. The third-order valence-electron chi connectivity index (χ3n) is 3.38. The number of pyridine rings is 1. The lowest BCUT2D eigenvalue weighted by molar-refractivity contribution is -0.173. The molecule has 0 aliphatic heterocycles. The van der Waals surface area contributed by atoms with Crippen LogP contribution in [0.25, 0.3) is 0 Å². The number of carbonyl (C=O) groups is 1. The number of nitrogens with one attached hydrogen (secondary N) is 1. The van der Waals surface area contributed by atoms with Gasteiger partial charge in [0.15, 0.2) is 0 Å². The lowest BCUT2D eigenvalue weighted by atomic mass is 10.1. The molecule has 0 atom stereocenters. The molecule has 2 rings (SSSR count). The molecule has 0 spiro atoms. The molecule has 0 aliphatic carbocycles. The highest BCUT2D eigenvalue weighted by molar-refractivity contribution is 6.36. The van der Waals surface area contributed by atoms with Crippen molar-refractivity contribution in [1.29, 1.82) is 0 Å². The fourth-order valence-electron chi connectivity index (χ4n) is 2.16. The number of oxime groups is 1. The summed E-state index contributed by atoms with van der Waals surface area (Å²) in [7, 11) is 0. The number of benzene rings is 1. The molecule has 0 fully saturated rings. The second-order valence-electron chi connectivity index (χ2n) is 5.64. The molecular formula is C17H11Cl2F6N3O2. The maximum atomic E-state index is 13.1. The van der Waals surface area contributed by atoms with Crippen LogP contribution in [0.1, 0.15) is 21.6 Å². The molecule has 0 aliphatic rings. The molecular weight excluding hydrogens is 463 g/mol. The minimum Gasteiger partial charge on any atom is -0.386 e. The molecule has 0 saturated heterocycles. The van der Waals surface area contributed by atoms with E-state index < -0.39 is 42.5 Å². The lowest BCUT2D eigenvalue weighted by Gasteiger charge is -2.14. The highest BCUT2D eigenvalue weighted by Crippen LogP contribution is 2.31. The van der Waals surface area contributed by atoms with Crippen LogP contribution in [-0.4, -0.2) is 35.9 Å². The van der Waals surface area contributed by atoms with Crippen molar-refractivity contribution in [1.82, 2.24) is 10.3 Å². The molecule has 2 aromatic rings. The summed E-state index contributed by atoms with van der Waals surface area (Å²) in [5.74, 6) is -1.14. The van der Waals surface area contributed by atoms with Crippen molar-refractivity contribution in [2.45, 2.75) is 12.4 Å². The van der Waals surface area contributed by atoms with Gasteiger partial charge in [0.2, 0.25) is 6.61 Å². The first-order valence-corrected chi connectivity index (χ1v) is 8.65. The third kappa shape index (κ3) is 6.77. The summed E-state index contributed by atoms with van der Waals surface area (Å²) in [6.07, 6.45) is -8.37. The highest BCUT2D eigenvalue weighted by atomic mass is 35.5. The Bertz CT molecular complexity index is 948. The number of carbonyl (C=O) groups excluding carboxylic acids is 1. The largest absolute Gasteiger partial charge is 0.425 e. The molecule has 1 amide bonds. The maximum Gasteiger partial charge on any atom is 0.425 e. The van der Waals surface area contributed by atoms with Gasteiger partial charge in [-0.05, 0) is 18.2 Å². The van der Waals surface area contributed by atoms with Gasteiger partial charge in [-0.2, -0.15) is 26.3 Å². The van der Waals surface area contributed by atoms with Gasteiger partial charge >= 0.3 is 12.4 Å². The van der Waals surface area contributed by atoms with Gasteiger partial charge in [0, 0.05) is 6.20 Å². The predicted molar refractivity (Wildman–Crippen MR) is 96.6 cm³/mol. The zero-order chi connectivity index (χ0) is 22.5. The normalized spacial score (nSPS) is 12.6. The first-order chi connectivity index (χ1) is 13.9. The molecule has 1 aromatic heterocycles. The van der Waals surface area contributed by atoms with Gasteiger partial charge in [0.25, 0.3) is 5.91 Å². The van der Waals surface area contributed by atoms with Crippen molar-refractivity contribution in [3.05, 3.63) is 63.4 Å². The van der Waals surface area contributed by atoms with E-state index in [2.05, 4.69) is 20.3 Å². The molecule has 13 heteroatoms. The van der Waals surface area contributed by atoms with Crippen LogP contribution >= 0.6 is 23.2 Å². The van der Waals surface area contributed by atoms with Crippen molar-refractivity contribution in [2.24, 2.45) is 5.16 Å². The van der Waals surface area contributed by atoms with Gasteiger partial charge in [-0.1, -0.05) is 40.5 Å². The van der Waals surface area contributed by atoms with E-state index in [-0.39, 0.29) is 21.5 Å². The summed E-state index contributed by atoms with van der Waals surface area (Å²) in [4.78, 5) is 20.3. The monoisotopic (exact) mass is 473 g/mol. The number of amides is 1. The molecule has 1 heterocycles. The molecule has 0 saturated carbocycles. The van der Waals surface area contributed by atoms with Crippen molar-refractivity contribution >= 4 is 34.8 Å². The zero-order valence-corrected chi connectivity index (χ0v) is 16.1. The Balaban J connectivity index is 2.27. The highest BCUT2D eigenvalue weighted by Gasteiger charge is 2.35. The fourth-order valence-corrected chi connectivity index (χ4v) is 2.65. The number of aromatic nitrogens is 1. The second kappa shape index (κ2) is 9.52. The molecule has 5 nitrogen and oxygen atoms in total. The standard InChI is InChI=1S/C17H11Cl2F6N3O2/c18-9-5-12(19)14(26-6-9)13(28-30-8-16(20,21)22)7-27-15(29)10-3-1-2-4-11(10)17(23,24)25/h1-6H,7-8H2,(H,27,29)/b28-13-. The summed E-state index contributed by atoms with van der Waals surface area (Å²) in [5, 5.41) is 5.40. The minimum atomic E-state index is -4.79. The van der Waals surface area contributed by atoms with Crippen LogP contribution in [0, 0.1) is 0 Å². The number of nitrogens with zero attached hydrogens (tertiary/aromatic N) is 2. The fraction of sp³-hybridized carbons (Fsp3) is 0.235. The Morgan fingerprint density at radius 2 is 1.80 bits per heavy atom. The number of hydrogen-bond donors (Lipinski definition) is 1. The first kappa shape index (κ1) is 23.7. The topological polar surface area (TPSA) is 63.6 Å². The summed E-state index contributed by atoms with van der Waals surface area (Å²) >= 11 is 11.7. The average Bonchev–Trinajstić information content (AvgIpc) is 2.63. The van der Waals surface area contributed by atoms with Crippen LogP contribution in [0.3, 0.4) is 0 Å². The van der Waals surface area contributed by atoms with Gasteiger partial charge in [-0.15, -0.1) is 0 Å². The van der Waals surface area contributed by atoms with E-state index in [9.17, 15) is 31.1 Å². The van der Waals surface area contributed by atoms with Crippen LogP contribution in [0.4, 0.5) is 26.3 Å². The van der Waals surface area contributed by atoms with Crippen LogP contribution < -0.4 is 5.32 Å².